The lowest BCUT2D eigenvalue weighted by Crippen LogP contribution is -2.27. The lowest BCUT2D eigenvalue weighted by atomic mass is 9.81. The monoisotopic (exact) mass is 193 g/mol. The molecule has 1 unspecified atom stereocenters. The van der Waals surface area contributed by atoms with Gasteiger partial charge in [-0.05, 0) is 31.7 Å². The zero-order chi connectivity index (χ0) is 10.4. The van der Waals surface area contributed by atoms with E-state index >= 15 is 0 Å². The SMILES string of the molecule is C#CC(C)NCCC1CCC(C)CC1. The molecular weight excluding hydrogens is 170 g/mol. The second-order valence-electron chi connectivity index (χ2n) is 4.76. The van der Waals surface area contributed by atoms with Gasteiger partial charge in [0.25, 0.3) is 0 Å². The van der Waals surface area contributed by atoms with Crippen molar-refractivity contribution in [3.63, 3.8) is 0 Å². The second kappa shape index (κ2) is 6.09. The van der Waals surface area contributed by atoms with E-state index in [4.69, 9.17) is 6.42 Å². The molecule has 0 spiro atoms. The first-order valence-electron chi connectivity index (χ1n) is 5.92. The quantitative estimate of drug-likeness (QED) is 0.677. The Kier molecular flexibility index (Phi) is 5.04. The van der Waals surface area contributed by atoms with Crippen molar-refractivity contribution >= 4 is 0 Å². The van der Waals surface area contributed by atoms with E-state index in [9.17, 15) is 0 Å². The van der Waals surface area contributed by atoms with Crippen molar-refractivity contribution in [2.24, 2.45) is 11.8 Å². The van der Waals surface area contributed by atoms with Crippen LogP contribution >= 0.6 is 0 Å². The molecule has 1 saturated carbocycles. The summed E-state index contributed by atoms with van der Waals surface area (Å²) >= 11 is 0. The average Bonchev–Trinajstić information content (AvgIpc) is 2.21. The zero-order valence-electron chi connectivity index (χ0n) is 9.55. The fraction of sp³-hybridized carbons (Fsp3) is 0.846. The lowest BCUT2D eigenvalue weighted by Gasteiger charge is -2.26. The standard InChI is InChI=1S/C13H23N/c1-4-12(3)14-10-9-13-7-5-11(2)6-8-13/h1,11-14H,5-10H2,2-3H3. The molecular formula is C13H23N. The van der Waals surface area contributed by atoms with Crippen LogP contribution in [-0.2, 0) is 0 Å². The first kappa shape index (κ1) is 11.6. The summed E-state index contributed by atoms with van der Waals surface area (Å²) in [6.45, 7) is 5.50. The van der Waals surface area contributed by atoms with Gasteiger partial charge in [-0.2, -0.15) is 0 Å². The average molecular weight is 193 g/mol. The maximum atomic E-state index is 5.30. The highest BCUT2D eigenvalue weighted by atomic mass is 14.9. The van der Waals surface area contributed by atoms with E-state index in [1.54, 1.807) is 0 Å². The Morgan fingerprint density at radius 2 is 2.00 bits per heavy atom. The Bertz CT molecular complexity index is 184. The van der Waals surface area contributed by atoms with Crippen LogP contribution in [0.2, 0.25) is 0 Å². The molecule has 1 N–H and O–H groups in total. The van der Waals surface area contributed by atoms with Crippen LogP contribution in [0.25, 0.3) is 0 Å². The van der Waals surface area contributed by atoms with Gasteiger partial charge in [0.1, 0.15) is 0 Å². The number of nitrogens with one attached hydrogen (secondary N) is 1. The smallest absolute Gasteiger partial charge is 0.0658 e. The van der Waals surface area contributed by atoms with Gasteiger partial charge in [0, 0.05) is 0 Å². The van der Waals surface area contributed by atoms with E-state index < -0.39 is 0 Å². The number of rotatable bonds is 4. The summed E-state index contributed by atoms with van der Waals surface area (Å²) in [5.41, 5.74) is 0. The summed E-state index contributed by atoms with van der Waals surface area (Å²) in [5, 5.41) is 3.35. The summed E-state index contributed by atoms with van der Waals surface area (Å²) < 4.78 is 0. The van der Waals surface area contributed by atoms with Crippen LogP contribution < -0.4 is 5.32 Å². The van der Waals surface area contributed by atoms with Crippen molar-refractivity contribution in [1.82, 2.24) is 5.32 Å². The fourth-order valence-corrected chi connectivity index (χ4v) is 2.18. The van der Waals surface area contributed by atoms with Crippen molar-refractivity contribution in [1.29, 1.82) is 0 Å². The van der Waals surface area contributed by atoms with Crippen LogP contribution in [0, 0.1) is 24.2 Å². The van der Waals surface area contributed by atoms with Crippen LogP contribution in [0.4, 0.5) is 0 Å². The molecule has 80 valence electrons. The molecule has 1 rings (SSSR count). The van der Waals surface area contributed by atoms with Crippen molar-refractivity contribution in [3.8, 4) is 12.3 Å². The predicted molar refractivity (Wildman–Crippen MR) is 62.0 cm³/mol. The molecule has 14 heavy (non-hydrogen) atoms. The first-order chi connectivity index (χ1) is 6.72. The van der Waals surface area contributed by atoms with Crippen LogP contribution in [0.5, 0.6) is 0 Å². The third-order valence-corrected chi connectivity index (χ3v) is 3.39. The molecule has 0 aromatic carbocycles. The van der Waals surface area contributed by atoms with Crippen LogP contribution in [-0.4, -0.2) is 12.6 Å². The highest BCUT2D eigenvalue weighted by molar-refractivity contribution is 4.95. The normalized spacial score (nSPS) is 29.5. The number of hydrogen-bond acceptors (Lipinski definition) is 1. The van der Waals surface area contributed by atoms with Crippen molar-refractivity contribution in [2.75, 3.05) is 6.54 Å². The van der Waals surface area contributed by atoms with Gasteiger partial charge in [-0.1, -0.05) is 38.5 Å². The molecule has 0 amide bonds. The minimum atomic E-state index is 0.234. The molecule has 0 saturated heterocycles. The van der Waals surface area contributed by atoms with Crippen LogP contribution in [0.1, 0.15) is 46.0 Å². The predicted octanol–water partition coefficient (Wildman–Crippen LogP) is 2.81. The molecule has 1 fully saturated rings. The molecule has 1 aliphatic rings. The maximum absolute atomic E-state index is 5.30. The van der Waals surface area contributed by atoms with E-state index in [1.165, 1.54) is 32.1 Å². The molecule has 0 aromatic rings. The Morgan fingerprint density at radius 3 is 2.57 bits per heavy atom. The molecule has 0 bridgehead atoms. The van der Waals surface area contributed by atoms with Crippen LogP contribution in [0.3, 0.4) is 0 Å². The Hall–Kier alpha value is -0.480. The molecule has 0 aliphatic heterocycles. The van der Waals surface area contributed by atoms with Gasteiger partial charge in [0.15, 0.2) is 0 Å². The minimum absolute atomic E-state index is 0.234. The van der Waals surface area contributed by atoms with Crippen LogP contribution in [0.15, 0.2) is 0 Å². The molecule has 0 aromatic heterocycles. The maximum Gasteiger partial charge on any atom is 0.0658 e. The number of hydrogen-bond donors (Lipinski definition) is 1. The zero-order valence-corrected chi connectivity index (χ0v) is 9.55. The Morgan fingerprint density at radius 1 is 1.36 bits per heavy atom. The summed E-state index contributed by atoms with van der Waals surface area (Å²) in [6, 6.07) is 0.234. The Labute approximate surface area is 88.7 Å². The largest absolute Gasteiger partial charge is 0.304 e. The summed E-state index contributed by atoms with van der Waals surface area (Å²) in [5.74, 6) is 4.61. The fourth-order valence-electron chi connectivity index (χ4n) is 2.18. The molecule has 0 heterocycles. The van der Waals surface area contributed by atoms with Gasteiger partial charge in [-0.25, -0.2) is 0 Å². The second-order valence-corrected chi connectivity index (χ2v) is 4.76. The van der Waals surface area contributed by atoms with E-state index in [2.05, 4.69) is 18.2 Å². The summed E-state index contributed by atoms with van der Waals surface area (Å²) in [4.78, 5) is 0. The lowest BCUT2D eigenvalue weighted by molar-refractivity contribution is 0.274. The molecule has 0 radical (unpaired) electrons. The van der Waals surface area contributed by atoms with Gasteiger partial charge in [0.05, 0.1) is 6.04 Å². The molecule has 1 aliphatic carbocycles. The molecule has 1 nitrogen and oxygen atoms in total. The summed E-state index contributed by atoms with van der Waals surface area (Å²) in [6.07, 6.45) is 12.3. The first-order valence-corrected chi connectivity index (χ1v) is 5.92. The molecule has 1 atom stereocenters. The van der Waals surface area contributed by atoms with Gasteiger partial charge < -0.3 is 5.32 Å². The number of terminal acetylenes is 1. The van der Waals surface area contributed by atoms with Crippen molar-refractivity contribution in [2.45, 2.75) is 52.0 Å². The highest BCUT2D eigenvalue weighted by Crippen LogP contribution is 2.29. The topological polar surface area (TPSA) is 12.0 Å². The van der Waals surface area contributed by atoms with Gasteiger partial charge in [0.2, 0.25) is 0 Å². The van der Waals surface area contributed by atoms with E-state index in [-0.39, 0.29) is 6.04 Å². The van der Waals surface area contributed by atoms with Gasteiger partial charge in [-0.3, -0.25) is 0 Å². The van der Waals surface area contributed by atoms with E-state index in [0.717, 1.165) is 18.4 Å². The van der Waals surface area contributed by atoms with E-state index in [1.807, 2.05) is 6.92 Å². The third kappa shape index (κ3) is 4.15. The third-order valence-electron chi connectivity index (χ3n) is 3.39. The van der Waals surface area contributed by atoms with Gasteiger partial charge >= 0.3 is 0 Å². The highest BCUT2D eigenvalue weighted by Gasteiger charge is 2.17. The molecule has 1 heteroatoms. The summed E-state index contributed by atoms with van der Waals surface area (Å²) in [7, 11) is 0. The van der Waals surface area contributed by atoms with E-state index in [0.29, 0.717) is 0 Å². The van der Waals surface area contributed by atoms with Crippen molar-refractivity contribution in [3.05, 3.63) is 0 Å². The van der Waals surface area contributed by atoms with Gasteiger partial charge in [-0.15, -0.1) is 6.42 Å². The Balaban J connectivity index is 2.05. The minimum Gasteiger partial charge on any atom is -0.304 e. The van der Waals surface area contributed by atoms with Crippen molar-refractivity contribution < 1.29 is 0 Å².